The van der Waals surface area contributed by atoms with Gasteiger partial charge in [-0.15, -0.1) is 0 Å². The van der Waals surface area contributed by atoms with E-state index in [4.69, 9.17) is 0 Å². The molecule has 1 aromatic heterocycles. The SMILES string of the molecule is CC(C)(C)NC(=O)NC(=O)Cn1cnc2ccc(Br)cc2c1=O. The Morgan fingerprint density at radius 1 is 1.30 bits per heavy atom. The lowest BCUT2D eigenvalue weighted by Gasteiger charge is -2.20. The predicted molar refractivity (Wildman–Crippen MR) is 90.1 cm³/mol. The van der Waals surface area contributed by atoms with E-state index in [9.17, 15) is 14.4 Å². The van der Waals surface area contributed by atoms with E-state index >= 15 is 0 Å². The minimum Gasteiger partial charge on any atom is -0.333 e. The number of hydrogen-bond acceptors (Lipinski definition) is 4. The van der Waals surface area contributed by atoms with Crippen molar-refractivity contribution in [2.45, 2.75) is 32.9 Å². The van der Waals surface area contributed by atoms with E-state index in [1.54, 1.807) is 39.0 Å². The number of halogens is 1. The van der Waals surface area contributed by atoms with Crippen LogP contribution in [-0.2, 0) is 11.3 Å². The molecular weight excluding hydrogens is 364 g/mol. The third-order valence-corrected chi connectivity index (χ3v) is 3.33. The maximum atomic E-state index is 12.4. The molecular formula is C15H17BrN4O3. The first kappa shape index (κ1) is 17.1. The number of aromatic nitrogens is 2. The Balaban J connectivity index is 2.16. The van der Waals surface area contributed by atoms with Crippen molar-refractivity contribution >= 4 is 38.8 Å². The van der Waals surface area contributed by atoms with Crippen LogP contribution < -0.4 is 16.2 Å². The molecule has 122 valence electrons. The number of imide groups is 1. The highest BCUT2D eigenvalue weighted by Gasteiger charge is 2.16. The molecule has 0 bridgehead atoms. The van der Waals surface area contributed by atoms with Gasteiger partial charge in [-0.2, -0.15) is 0 Å². The van der Waals surface area contributed by atoms with Gasteiger partial charge in [0.05, 0.1) is 17.2 Å². The number of amides is 3. The van der Waals surface area contributed by atoms with Crippen molar-refractivity contribution in [3.8, 4) is 0 Å². The fourth-order valence-corrected chi connectivity index (χ4v) is 2.30. The molecule has 0 unspecified atom stereocenters. The second kappa shape index (κ2) is 6.49. The lowest BCUT2D eigenvalue weighted by atomic mass is 10.1. The molecule has 0 spiro atoms. The molecule has 0 fully saturated rings. The third kappa shape index (κ3) is 4.62. The van der Waals surface area contributed by atoms with E-state index < -0.39 is 17.5 Å². The highest BCUT2D eigenvalue weighted by atomic mass is 79.9. The first-order chi connectivity index (χ1) is 10.7. The standard InChI is InChI=1S/C15H17BrN4O3/c1-15(2,3)19-14(23)18-12(21)7-20-8-17-11-5-4-9(16)6-10(11)13(20)22/h4-6,8H,7H2,1-3H3,(H2,18,19,21,23). The molecule has 3 amide bonds. The number of urea groups is 1. The minimum absolute atomic E-state index is 0.286. The van der Waals surface area contributed by atoms with Gasteiger partial charge in [-0.05, 0) is 39.0 Å². The van der Waals surface area contributed by atoms with Crippen LogP contribution in [0.25, 0.3) is 10.9 Å². The average Bonchev–Trinajstić information content (AvgIpc) is 2.40. The number of hydrogen-bond donors (Lipinski definition) is 2. The summed E-state index contributed by atoms with van der Waals surface area (Å²) in [5, 5.41) is 5.19. The molecule has 0 radical (unpaired) electrons. The Morgan fingerprint density at radius 2 is 2.00 bits per heavy atom. The molecule has 23 heavy (non-hydrogen) atoms. The minimum atomic E-state index is -0.605. The quantitative estimate of drug-likeness (QED) is 0.830. The zero-order valence-electron chi connectivity index (χ0n) is 13.0. The van der Waals surface area contributed by atoms with Gasteiger partial charge in [0.2, 0.25) is 5.91 Å². The largest absolute Gasteiger partial charge is 0.333 e. The van der Waals surface area contributed by atoms with Gasteiger partial charge in [0.15, 0.2) is 0 Å². The smallest absolute Gasteiger partial charge is 0.321 e. The van der Waals surface area contributed by atoms with Gasteiger partial charge < -0.3 is 5.32 Å². The fourth-order valence-electron chi connectivity index (χ4n) is 1.94. The lowest BCUT2D eigenvalue weighted by molar-refractivity contribution is -0.120. The molecule has 7 nitrogen and oxygen atoms in total. The first-order valence-corrected chi connectivity index (χ1v) is 7.72. The van der Waals surface area contributed by atoms with Gasteiger partial charge in [-0.25, -0.2) is 9.78 Å². The summed E-state index contributed by atoms with van der Waals surface area (Å²) in [5.41, 5.74) is -0.263. The molecule has 2 N–H and O–H groups in total. The summed E-state index contributed by atoms with van der Waals surface area (Å²) in [6.07, 6.45) is 1.29. The first-order valence-electron chi connectivity index (χ1n) is 6.92. The Hall–Kier alpha value is -2.22. The summed E-state index contributed by atoms with van der Waals surface area (Å²) in [6, 6.07) is 4.53. The molecule has 0 aliphatic carbocycles. The molecule has 8 heteroatoms. The zero-order valence-corrected chi connectivity index (χ0v) is 14.6. The van der Waals surface area contributed by atoms with Gasteiger partial charge in [-0.3, -0.25) is 19.5 Å². The third-order valence-electron chi connectivity index (χ3n) is 2.84. The number of rotatable bonds is 2. The van der Waals surface area contributed by atoms with Crippen LogP contribution >= 0.6 is 15.9 Å². The van der Waals surface area contributed by atoms with Crippen molar-refractivity contribution in [3.05, 3.63) is 39.4 Å². The van der Waals surface area contributed by atoms with Gasteiger partial charge >= 0.3 is 6.03 Å². The fraction of sp³-hybridized carbons (Fsp3) is 0.333. The molecule has 0 atom stereocenters. The number of fused-ring (bicyclic) bond motifs is 1. The molecule has 2 rings (SSSR count). The van der Waals surface area contributed by atoms with Gasteiger partial charge in [0, 0.05) is 10.0 Å². The summed E-state index contributed by atoms with van der Waals surface area (Å²) in [5.74, 6) is -0.593. The number of nitrogens with one attached hydrogen (secondary N) is 2. The maximum absolute atomic E-state index is 12.4. The number of carbonyl (C=O) groups excluding carboxylic acids is 2. The van der Waals surface area contributed by atoms with Gasteiger partial charge in [0.1, 0.15) is 6.54 Å². The van der Waals surface area contributed by atoms with E-state index in [1.165, 1.54) is 6.33 Å². The van der Waals surface area contributed by atoms with Crippen LogP contribution in [0.4, 0.5) is 4.79 Å². The normalized spacial score (nSPS) is 11.3. The van der Waals surface area contributed by atoms with Crippen LogP contribution in [0.5, 0.6) is 0 Å². The summed E-state index contributed by atoms with van der Waals surface area (Å²) < 4.78 is 1.91. The molecule has 2 aromatic rings. The maximum Gasteiger partial charge on any atom is 0.321 e. The Morgan fingerprint density at radius 3 is 2.65 bits per heavy atom. The summed E-state index contributed by atoms with van der Waals surface area (Å²) in [6.45, 7) is 5.11. The van der Waals surface area contributed by atoms with Crippen molar-refractivity contribution < 1.29 is 9.59 Å². The topological polar surface area (TPSA) is 93.1 Å². The number of benzene rings is 1. The summed E-state index contributed by atoms with van der Waals surface area (Å²) in [7, 11) is 0. The molecule has 1 aromatic carbocycles. The second-order valence-corrected chi connectivity index (χ2v) is 7.01. The molecule has 0 saturated carbocycles. The number of nitrogens with zero attached hydrogens (tertiary/aromatic N) is 2. The van der Waals surface area contributed by atoms with Crippen LogP contribution in [0.3, 0.4) is 0 Å². The summed E-state index contributed by atoms with van der Waals surface area (Å²) >= 11 is 3.29. The van der Waals surface area contributed by atoms with Gasteiger partial charge in [0.25, 0.3) is 5.56 Å². The molecule has 1 heterocycles. The van der Waals surface area contributed by atoms with E-state index in [0.717, 1.165) is 9.04 Å². The van der Waals surface area contributed by atoms with E-state index in [2.05, 4.69) is 31.5 Å². The van der Waals surface area contributed by atoms with Crippen molar-refractivity contribution in [1.82, 2.24) is 20.2 Å². The van der Waals surface area contributed by atoms with Crippen LogP contribution in [0, 0.1) is 0 Å². The van der Waals surface area contributed by atoms with E-state index in [-0.39, 0.29) is 12.1 Å². The van der Waals surface area contributed by atoms with E-state index in [1.807, 2.05) is 0 Å². The number of carbonyl (C=O) groups is 2. The van der Waals surface area contributed by atoms with Gasteiger partial charge in [-0.1, -0.05) is 15.9 Å². The second-order valence-electron chi connectivity index (χ2n) is 6.09. The monoisotopic (exact) mass is 380 g/mol. The van der Waals surface area contributed by atoms with Crippen molar-refractivity contribution in [1.29, 1.82) is 0 Å². The highest BCUT2D eigenvalue weighted by molar-refractivity contribution is 9.10. The zero-order chi connectivity index (χ0) is 17.2. The average molecular weight is 381 g/mol. The molecule has 0 saturated heterocycles. The Bertz CT molecular complexity index is 824. The van der Waals surface area contributed by atoms with Crippen molar-refractivity contribution in [2.75, 3.05) is 0 Å². The molecule has 0 aliphatic rings. The van der Waals surface area contributed by atoms with Crippen LogP contribution in [0.1, 0.15) is 20.8 Å². The van der Waals surface area contributed by atoms with Crippen molar-refractivity contribution in [2.24, 2.45) is 0 Å². The van der Waals surface area contributed by atoms with Crippen LogP contribution in [0.15, 0.2) is 33.8 Å². The summed E-state index contributed by atoms with van der Waals surface area (Å²) in [4.78, 5) is 40.0. The Labute approximate surface area is 141 Å². The van der Waals surface area contributed by atoms with E-state index in [0.29, 0.717) is 10.9 Å². The van der Waals surface area contributed by atoms with Crippen LogP contribution in [-0.4, -0.2) is 27.0 Å². The predicted octanol–water partition coefficient (Wildman–Crippen LogP) is 1.78. The highest BCUT2D eigenvalue weighted by Crippen LogP contribution is 2.14. The Kier molecular flexibility index (Phi) is 4.84. The van der Waals surface area contributed by atoms with Crippen LogP contribution in [0.2, 0.25) is 0 Å². The lowest BCUT2D eigenvalue weighted by Crippen LogP contribution is -2.49. The van der Waals surface area contributed by atoms with Crippen molar-refractivity contribution in [3.63, 3.8) is 0 Å². The molecule has 0 aliphatic heterocycles.